The molecule has 1 aliphatic heterocycles. The summed E-state index contributed by atoms with van der Waals surface area (Å²) in [4.78, 5) is 0. The molecule has 0 aromatic carbocycles. The van der Waals surface area contributed by atoms with Gasteiger partial charge in [0.25, 0.3) is 0 Å². The predicted octanol–water partition coefficient (Wildman–Crippen LogP) is -0.00670. The topological polar surface area (TPSA) is 41.5 Å². The van der Waals surface area contributed by atoms with E-state index in [9.17, 15) is 0 Å². The van der Waals surface area contributed by atoms with Crippen molar-refractivity contribution >= 4 is 0 Å². The quantitative estimate of drug-likeness (QED) is 0.608. The zero-order chi connectivity index (χ0) is 8.10. The molecule has 0 aromatic heterocycles. The number of aliphatic hydroxyl groups excluding tert-OH is 1. The molecular weight excluding hydrogens is 142 g/mol. The second-order valence-electron chi connectivity index (χ2n) is 3.10. The maximum absolute atomic E-state index is 8.54. The predicted molar refractivity (Wildman–Crippen MR) is 43.5 cm³/mol. The van der Waals surface area contributed by atoms with Crippen LogP contribution >= 0.6 is 0 Å². The molecule has 1 rings (SSSR count). The van der Waals surface area contributed by atoms with Crippen LogP contribution in [0.4, 0.5) is 0 Å². The molecule has 0 radical (unpaired) electrons. The summed E-state index contributed by atoms with van der Waals surface area (Å²) in [5.41, 5.74) is 0. The molecule has 1 heterocycles. The van der Waals surface area contributed by atoms with E-state index in [1.807, 2.05) is 0 Å². The summed E-state index contributed by atoms with van der Waals surface area (Å²) in [6.07, 6.45) is 1.42. The van der Waals surface area contributed by atoms with Crippen LogP contribution in [0.1, 0.15) is 13.3 Å². The first-order valence-corrected chi connectivity index (χ1v) is 4.27. The van der Waals surface area contributed by atoms with E-state index in [-0.39, 0.29) is 6.61 Å². The standard InChI is InChI=1S/C8H17NO2/c1-7-6-9-3-2-8(7)11-5-4-10/h7-10H,2-6H2,1H3. The van der Waals surface area contributed by atoms with Gasteiger partial charge >= 0.3 is 0 Å². The maximum atomic E-state index is 8.54. The Hall–Kier alpha value is -0.120. The van der Waals surface area contributed by atoms with E-state index in [1.54, 1.807) is 0 Å². The number of hydrogen-bond acceptors (Lipinski definition) is 3. The van der Waals surface area contributed by atoms with Gasteiger partial charge in [0.1, 0.15) is 0 Å². The fraction of sp³-hybridized carbons (Fsp3) is 1.00. The number of aliphatic hydroxyl groups is 1. The van der Waals surface area contributed by atoms with Gasteiger partial charge in [0.15, 0.2) is 0 Å². The minimum Gasteiger partial charge on any atom is -0.394 e. The van der Waals surface area contributed by atoms with Crippen molar-refractivity contribution in [3.63, 3.8) is 0 Å². The van der Waals surface area contributed by atoms with Crippen LogP contribution in [0.25, 0.3) is 0 Å². The first-order chi connectivity index (χ1) is 5.34. The van der Waals surface area contributed by atoms with Gasteiger partial charge in [0.05, 0.1) is 19.3 Å². The van der Waals surface area contributed by atoms with Gasteiger partial charge in [-0.3, -0.25) is 0 Å². The summed E-state index contributed by atoms with van der Waals surface area (Å²) in [5, 5.41) is 11.8. The second-order valence-corrected chi connectivity index (χ2v) is 3.10. The van der Waals surface area contributed by atoms with Crippen LogP contribution < -0.4 is 5.32 Å². The van der Waals surface area contributed by atoms with E-state index in [0.29, 0.717) is 18.6 Å². The first-order valence-electron chi connectivity index (χ1n) is 4.27. The Morgan fingerprint density at radius 2 is 2.45 bits per heavy atom. The van der Waals surface area contributed by atoms with E-state index in [0.717, 1.165) is 19.5 Å². The molecule has 0 amide bonds. The van der Waals surface area contributed by atoms with Gasteiger partial charge in [0, 0.05) is 6.54 Å². The largest absolute Gasteiger partial charge is 0.394 e. The third-order valence-corrected chi connectivity index (χ3v) is 2.13. The van der Waals surface area contributed by atoms with Crippen LogP contribution in [0.15, 0.2) is 0 Å². The fourth-order valence-corrected chi connectivity index (χ4v) is 1.44. The van der Waals surface area contributed by atoms with Crippen LogP contribution in [-0.4, -0.2) is 37.5 Å². The summed E-state index contributed by atoms with van der Waals surface area (Å²) >= 11 is 0. The Labute approximate surface area is 67.7 Å². The summed E-state index contributed by atoms with van der Waals surface area (Å²) in [5.74, 6) is 0.579. The normalized spacial score (nSPS) is 32.2. The maximum Gasteiger partial charge on any atom is 0.0701 e. The van der Waals surface area contributed by atoms with Crippen molar-refractivity contribution in [1.82, 2.24) is 5.32 Å². The molecule has 2 N–H and O–H groups in total. The fourth-order valence-electron chi connectivity index (χ4n) is 1.44. The Kier molecular flexibility index (Phi) is 3.83. The average molecular weight is 159 g/mol. The van der Waals surface area contributed by atoms with E-state index in [1.165, 1.54) is 0 Å². The number of nitrogens with one attached hydrogen (secondary N) is 1. The van der Waals surface area contributed by atoms with Gasteiger partial charge < -0.3 is 15.2 Å². The lowest BCUT2D eigenvalue weighted by molar-refractivity contribution is -0.0147. The zero-order valence-electron chi connectivity index (χ0n) is 7.05. The SMILES string of the molecule is CC1CNCCC1OCCO. The van der Waals surface area contributed by atoms with Crippen molar-refractivity contribution < 1.29 is 9.84 Å². The zero-order valence-corrected chi connectivity index (χ0v) is 7.05. The molecule has 1 aliphatic rings. The molecule has 3 heteroatoms. The third-order valence-electron chi connectivity index (χ3n) is 2.13. The monoisotopic (exact) mass is 159 g/mol. The van der Waals surface area contributed by atoms with Crippen molar-refractivity contribution in [2.45, 2.75) is 19.4 Å². The molecule has 0 saturated carbocycles. The van der Waals surface area contributed by atoms with Crippen molar-refractivity contribution in [2.24, 2.45) is 5.92 Å². The molecule has 2 unspecified atom stereocenters. The van der Waals surface area contributed by atoms with Crippen LogP contribution in [0, 0.1) is 5.92 Å². The van der Waals surface area contributed by atoms with Crippen molar-refractivity contribution in [3.8, 4) is 0 Å². The van der Waals surface area contributed by atoms with Gasteiger partial charge in [0.2, 0.25) is 0 Å². The van der Waals surface area contributed by atoms with Gasteiger partial charge in [-0.15, -0.1) is 0 Å². The highest BCUT2D eigenvalue weighted by atomic mass is 16.5. The summed E-state index contributed by atoms with van der Waals surface area (Å²) in [7, 11) is 0. The molecule has 66 valence electrons. The number of piperidine rings is 1. The molecular formula is C8H17NO2. The minimum absolute atomic E-state index is 0.136. The highest BCUT2D eigenvalue weighted by Gasteiger charge is 2.20. The van der Waals surface area contributed by atoms with Gasteiger partial charge in [-0.25, -0.2) is 0 Å². The lowest BCUT2D eigenvalue weighted by Crippen LogP contribution is -2.40. The van der Waals surface area contributed by atoms with Gasteiger partial charge in [-0.1, -0.05) is 6.92 Å². The van der Waals surface area contributed by atoms with E-state index in [2.05, 4.69) is 12.2 Å². The van der Waals surface area contributed by atoms with Crippen LogP contribution in [0.3, 0.4) is 0 Å². The Bertz CT molecular complexity index is 108. The first kappa shape index (κ1) is 8.97. The number of rotatable bonds is 3. The minimum atomic E-state index is 0.136. The van der Waals surface area contributed by atoms with Crippen molar-refractivity contribution in [2.75, 3.05) is 26.3 Å². The Morgan fingerprint density at radius 3 is 3.09 bits per heavy atom. The second kappa shape index (κ2) is 4.70. The van der Waals surface area contributed by atoms with E-state index < -0.39 is 0 Å². The van der Waals surface area contributed by atoms with Gasteiger partial charge in [-0.05, 0) is 18.9 Å². The summed E-state index contributed by atoms with van der Waals surface area (Å²) in [6.45, 7) is 4.87. The molecule has 1 saturated heterocycles. The molecule has 0 aromatic rings. The molecule has 0 aliphatic carbocycles. The molecule has 2 atom stereocenters. The lowest BCUT2D eigenvalue weighted by Gasteiger charge is -2.29. The molecule has 0 spiro atoms. The summed E-state index contributed by atoms with van der Waals surface area (Å²) in [6, 6.07) is 0. The molecule has 11 heavy (non-hydrogen) atoms. The lowest BCUT2D eigenvalue weighted by atomic mass is 9.98. The Morgan fingerprint density at radius 1 is 1.64 bits per heavy atom. The molecule has 1 fully saturated rings. The highest BCUT2D eigenvalue weighted by Crippen LogP contribution is 2.13. The smallest absolute Gasteiger partial charge is 0.0701 e. The van der Waals surface area contributed by atoms with Crippen molar-refractivity contribution in [1.29, 1.82) is 0 Å². The molecule has 0 bridgehead atoms. The van der Waals surface area contributed by atoms with Crippen molar-refractivity contribution in [3.05, 3.63) is 0 Å². The molecule has 3 nitrogen and oxygen atoms in total. The van der Waals surface area contributed by atoms with Crippen LogP contribution in [0.2, 0.25) is 0 Å². The average Bonchev–Trinajstić information content (AvgIpc) is 2.03. The van der Waals surface area contributed by atoms with Crippen LogP contribution in [-0.2, 0) is 4.74 Å². The third kappa shape index (κ3) is 2.77. The Balaban J connectivity index is 2.18. The van der Waals surface area contributed by atoms with E-state index in [4.69, 9.17) is 9.84 Å². The van der Waals surface area contributed by atoms with Gasteiger partial charge in [-0.2, -0.15) is 0 Å². The highest BCUT2D eigenvalue weighted by molar-refractivity contribution is 4.75. The number of ether oxygens (including phenoxy) is 1. The van der Waals surface area contributed by atoms with Crippen LogP contribution in [0.5, 0.6) is 0 Å². The summed E-state index contributed by atoms with van der Waals surface area (Å²) < 4.78 is 5.45. The number of hydrogen-bond donors (Lipinski definition) is 2. The van der Waals surface area contributed by atoms with E-state index >= 15 is 0 Å².